The molecule has 0 bridgehead atoms. The van der Waals surface area contributed by atoms with Crippen LogP contribution in [0.5, 0.6) is 11.5 Å². The third kappa shape index (κ3) is 7.30. The van der Waals surface area contributed by atoms with Gasteiger partial charge in [-0.1, -0.05) is 31.2 Å². The molecule has 15 nitrogen and oxygen atoms in total. The molecule has 0 radical (unpaired) electrons. The summed E-state index contributed by atoms with van der Waals surface area (Å²) in [7, 11) is 0. The third-order valence-corrected chi connectivity index (χ3v) is 12.4. The minimum Gasteiger partial charge on any atom is -0.508 e. The highest BCUT2D eigenvalue weighted by molar-refractivity contribution is 5.90. The van der Waals surface area contributed by atoms with Crippen molar-refractivity contribution in [3.63, 3.8) is 0 Å². The van der Waals surface area contributed by atoms with Crippen molar-refractivity contribution in [1.82, 2.24) is 5.32 Å². The summed E-state index contributed by atoms with van der Waals surface area (Å²) < 4.78 is 13.7. The zero-order valence-corrected chi connectivity index (χ0v) is 32.3. The van der Waals surface area contributed by atoms with Crippen LogP contribution in [-0.4, -0.2) is 104 Å². The SMILES string of the molecule is CCC1C2=CC=NC2=C[NH+]1c1c2c(cc3c(=O)cc(C)oc13)C[C@@H](OOC[C@@](O)(Cc1ccc(O)cc1)[C@@H](O)[C@H](O)[C@H](O)CO)[C@]1(CC=C[C@@H]([C@@H]3CNC(=O)C3)C1)O2. The second kappa shape index (κ2) is 15.8. The lowest BCUT2D eigenvalue weighted by Gasteiger charge is -2.47. The Morgan fingerprint density at radius 2 is 1.93 bits per heavy atom. The number of aliphatic imine (C=N–C) groups is 1. The number of phenols is 1. The van der Waals surface area contributed by atoms with Crippen molar-refractivity contribution in [3.05, 3.63) is 99.2 Å². The topological polar surface area (TPSA) is 225 Å². The highest BCUT2D eigenvalue weighted by atomic mass is 17.2. The van der Waals surface area contributed by atoms with Crippen molar-refractivity contribution < 1.29 is 59.3 Å². The molecule has 0 saturated carbocycles. The Bertz CT molecular complexity index is 2250. The number of nitrogens with one attached hydrogen (secondary N) is 2. The van der Waals surface area contributed by atoms with Crippen LogP contribution in [0.4, 0.5) is 5.69 Å². The van der Waals surface area contributed by atoms with Crippen molar-refractivity contribution in [2.75, 3.05) is 19.8 Å². The van der Waals surface area contributed by atoms with Crippen LogP contribution in [0, 0.1) is 18.8 Å². The van der Waals surface area contributed by atoms with Crippen LogP contribution in [0.3, 0.4) is 0 Å². The number of benzene rings is 2. The highest BCUT2D eigenvalue weighted by Crippen LogP contribution is 2.49. The standard InChI is InChI=1S/C43H49N3O12/c1-3-32-29-10-12-44-31(29)20-46(32)37-39-26(14-30-33(49)13-23(2)56-40(30)37)15-35(43(57-39)11-4-5-25(18-43)27-16-36(51)45-19-27)58-55-22-42(54,41(53)38(52)34(50)21-47)17-24-6-8-28(48)9-7-24/h4-10,12-14,20,25,27,32,34-35,38,41,47-48,50,52-54H,3,11,15-19,21-22H2,1-2H3,(H,45,51)/p+1/t25-,27+,32?,34-,35-,38-,41+,42+,43-/m1/s1. The van der Waals surface area contributed by atoms with Crippen LogP contribution in [0.1, 0.15) is 49.5 Å². The van der Waals surface area contributed by atoms with Crippen LogP contribution in [0.15, 0.2) is 86.3 Å². The molecule has 2 aromatic carbocycles. The summed E-state index contributed by atoms with van der Waals surface area (Å²) in [5.74, 6) is 0.864. The van der Waals surface area contributed by atoms with Crippen LogP contribution in [-0.2, 0) is 27.4 Å². The predicted octanol–water partition coefficient (Wildman–Crippen LogP) is 1.11. The fourth-order valence-electron chi connectivity index (χ4n) is 9.28. The molecule has 1 aliphatic carbocycles. The van der Waals surface area contributed by atoms with E-state index in [1.54, 1.807) is 19.2 Å². The highest BCUT2D eigenvalue weighted by Gasteiger charge is 2.53. The maximum atomic E-state index is 13.7. The molecule has 2 unspecified atom stereocenters. The van der Waals surface area contributed by atoms with Gasteiger partial charge in [-0.05, 0) is 55.0 Å². The quantitative estimate of drug-likeness (QED) is 0.0692. The minimum absolute atomic E-state index is 0.00295. The van der Waals surface area contributed by atoms with Crippen molar-refractivity contribution in [3.8, 4) is 11.5 Å². The number of quaternary nitrogens is 1. The minimum atomic E-state index is -2.27. The Morgan fingerprint density at radius 3 is 2.66 bits per heavy atom. The fraction of sp³-hybridized carbons (Fsp3) is 0.465. The van der Waals surface area contributed by atoms with Gasteiger partial charge in [0.15, 0.2) is 11.2 Å². The van der Waals surface area contributed by atoms with Crippen LogP contribution in [0.25, 0.3) is 11.0 Å². The normalized spacial score (nSPS) is 28.7. The van der Waals surface area contributed by atoms with E-state index in [1.165, 1.54) is 30.3 Å². The van der Waals surface area contributed by atoms with Gasteiger partial charge in [-0.3, -0.25) is 19.5 Å². The van der Waals surface area contributed by atoms with Gasteiger partial charge in [0.2, 0.25) is 17.2 Å². The average molecular weight is 801 g/mol. The first-order valence-corrected chi connectivity index (χ1v) is 19.8. The van der Waals surface area contributed by atoms with Gasteiger partial charge >= 0.3 is 0 Å². The van der Waals surface area contributed by atoms with E-state index < -0.39 is 48.8 Å². The molecule has 8 N–H and O–H groups in total. The van der Waals surface area contributed by atoms with Crippen molar-refractivity contribution in [2.24, 2.45) is 16.8 Å². The zero-order chi connectivity index (χ0) is 40.9. The summed E-state index contributed by atoms with van der Waals surface area (Å²) in [6.45, 7) is 2.76. The molecule has 1 fully saturated rings. The number of nitrogens with zero attached hydrogens (tertiary/aromatic N) is 1. The van der Waals surface area contributed by atoms with Crippen molar-refractivity contribution in [2.45, 2.75) is 94.0 Å². The number of hydrogen-bond acceptors (Lipinski definition) is 13. The molecule has 1 spiro atoms. The number of carbonyl (C=O) groups excluding carboxylic acids is 1. The summed E-state index contributed by atoms with van der Waals surface area (Å²) in [6, 6.07) is 9.03. The molecule has 5 aliphatic rings. The number of ether oxygens (including phenoxy) is 1. The largest absolute Gasteiger partial charge is 0.508 e. The molecule has 4 aliphatic heterocycles. The van der Waals surface area contributed by atoms with E-state index in [-0.39, 0.29) is 47.8 Å². The molecule has 1 saturated heterocycles. The lowest BCUT2D eigenvalue weighted by atomic mass is 9.71. The molecule has 1 aromatic heterocycles. The van der Waals surface area contributed by atoms with E-state index in [9.17, 15) is 40.2 Å². The first-order chi connectivity index (χ1) is 27.8. The van der Waals surface area contributed by atoms with E-state index in [0.29, 0.717) is 65.1 Å². The van der Waals surface area contributed by atoms with E-state index in [0.717, 1.165) is 22.6 Å². The number of aryl methyl sites for hydroxylation is 1. The van der Waals surface area contributed by atoms with E-state index in [4.69, 9.17) is 18.9 Å². The molecule has 3 aromatic rings. The molecule has 15 heteroatoms. The van der Waals surface area contributed by atoms with Crippen LogP contribution < -0.4 is 20.4 Å². The van der Waals surface area contributed by atoms with E-state index in [1.807, 2.05) is 18.4 Å². The number of rotatable bonds is 13. The molecular weight excluding hydrogens is 750 g/mol. The first-order valence-electron chi connectivity index (χ1n) is 19.8. The number of aromatic hydroxyl groups is 1. The van der Waals surface area contributed by atoms with Crippen molar-refractivity contribution >= 4 is 28.8 Å². The van der Waals surface area contributed by atoms with Crippen LogP contribution >= 0.6 is 0 Å². The first kappa shape index (κ1) is 40.1. The lowest BCUT2D eigenvalue weighted by Crippen LogP contribution is -3.05. The number of amides is 1. The summed E-state index contributed by atoms with van der Waals surface area (Å²) in [4.78, 5) is 43.7. The molecule has 58 heavy (non-hydrogen) atoms. The number of carbonyl (C=O) groups is 1. The molecule has 8 rings (SSSR count). The number of aliphatic hydroxyl groups is 5. The second-order valence-electron chi connectivity index (χ2n) is 16.3. The van der Waals surface area contributed by atoms with Gasteiger partial charge in [0.05, 0.1) is 12.0 Å². The lowest BCUT2D eigenvalue weighted by molar-refractivity contribution is -0.793. The maximum absolute atomic E-state index is 13.7. The van der Waals surface area contributed by atoms with Crippen molar-refractivity contribution in [1.29, 1.82) is 0 Å². The average Bonchev–Trinajstić information content (AvgIpc) is 3.94. The molecule has 1 amide bonds. The Hall–Kier alpha value is -4.71. The maximum Gasteiger partial charge on any atom is 0.222 e. The molecule has 5 heterocycles. The fourth-order valence-corrected chi connectivity index (χ4v) is 9.28. The van der Waals surface area contributed by atoms with Gasteiger partial charge in [0, 0.05) is 62.1 Å². The third-order valence-electron chi connectivity index (χ3n) is 12.4. The number of allylic oxidation sites excluding steroid dienone is 2. The van der Waals surface area contributed by atoms with Gasteiger partial charge in [0.1, 0.15) is 71.7 Å². The zero-order valence-electron chi connectivity index (χ0n) is 32.3. The van der Waals surface area contributed by atoms with Gasteiger partial charge in [-0.2, -0.15) is 0 Å². The second-order valence-corrected chi connectivity index (χ2v) is 16.3. The summed E-state index contributed by atoms with van der Waals surface area (Å²) in [5.41, 5.74) is 0.558. The summed E-state index contributed by atoms with van der Waals surface area (Å²) in [6.07, 6.45) is 5.15. The molecular formula is C43H50N3O12+. The smallest absolute Gasteiger partial charge is 0.222 e. The van der Waals surface area contributed by atoms with Gasteiger partial charge in [-0.15, -0.1) is 0 Å². The van der Waals surface area contributed by atoms with Gasteiger partial charge < -0.3 is 45.1 Å². The van der Waals surface area contributed by atoms with Crippen LogP contribution in [0.2, 0.25) is 0 Å². The Balaban J connectivity index is 1.19. The summed E-state index contributed by atoms with van der Waals surface area (Å²) in [5, 5.41) is 66.8. The monoisotopic (exact) mass is 800 g/mol. The van der Waals surface area contributed by atoms with Gasteiger partial charge in [-0.25, -0.2) is 9.78 Å². The number of phenolic OH excluding ortho intramolecular Hbond substituents is 1. The summed E-state index contributed by atoms with van der Waals surface area (Å²) >= 11 is 0. The van der Waals surface area contributed by atoms with Gasteiger partial charge in [0.25, 0.3) is 0 Å². The Kier molecular flexibility index (Phi) is 10.9. The Morgan fingerprint density at radius 1 is 1.14 bits per heavy atom. The predicted molar refractivity (Wildman–Crippen MR) is 209 cm³/mol. The molecule has 10 atom stereocenters. The van der Waals surface area contributed by atoms with E-state index in [2.05, 4.69) is 23.3 Å². The molecule has 308 valence electrons. The van der Waals surface area contributed by atoms with E-state index >= 15 is 0 Å². The number of hydrogen-bond donors (Lipinski definition) is 8. The Labute approximate surface area is 334 Å². The number of fused-ring (bicyclic) bond motifs is 3. The number of aliphatic hydroxyl groups excluding tert-OH is 4.